The third-order valence-corrected chi connectivity index (χ3v) is 4.10. The third kappa shape index (κ3) is 2.70. The fourth-order valence-corrected chi connectivity index (χ4v) is 2.83. The highest BCUT2D eigenvalue weighted by molar-refractivity contribution is 5.73. The minimum Gasteiger partial charge on any atom is -0.383 e. The zero-order valence-electron chi connectivity index (χ0n) is 12.0. The first kappa shape index (κ1) is 13.2. The lowest BCUT2D eigenvalue weighted by Gasteiger charge is -2.26. The minimum atomic E-state index is 0.716. The van der Waals surface area contributed by atoms with Gasteiger partial charge < -0.3 is 5.73 Å². The number of nitrogens with two attached hydrogens (primary N) is 1. The maximum atomic E-state index is 6.01. The van der Waals surface area contributed by atoms with Gasteiger partial charge in [-0.1, -0.05) is 30.7 Å². The van der Waals surface area contributed by atoms with Crippen molar-refractivity contribution in [1.29, 1.82) is 0 Å². The molecule has 1 saturated heterocycles. The first-order chi connectivity index (χ1) is 9.74. The summed E-state index contributed by atoms with van der Waals surface area (Å²) in [7, 11) is 1.86. The van der Waals surface area contributed by atoms with Crippen LogP contribution in [0, 0.1) is 0 Å². The van der Waals surface area contributed by atoms with Gasteiger partial charge in [0, 0.05) is 19.2 Å². The van der Waals surface area contributed by atoms with Crippen molar-refractivity contribution >= 4 is 5.82 Å². The number of nitrogen functional groups attached to an aromatic ring is 1. The topological polar surface area (TPSA) is 47.1 Å². The van der Waals surface area contributed by atoms with Crippen molar-refractivity contribution in [2.45, 2.75) is 25.8 Å². The number of anilines is 1. The molecule has 1 aliphatic heterocycles. The van der Waals surface area contributed by atoms with Gasteiger partial charge in [-0.15, -0.1) is 0 Å². The molecule has 1 aromatic carbocycles. The molecule has 3 rings (SSSR count). The molecule has 4 heteroatoms. The predicted octanol–water partition coefficient (Wildman–Crippen LogP) is 2.66. The lowest BCUT2D eigenvalue weighted by molar-refractivity contribution is 0.221. The molecule has 2 N–H and O–H groups in total. The van der Waals surface area contributed by atoms with Crippen LogP contribution in [0.2, 0.25) is 0 Å². The van der Waals surface area contributed by atoms with E-state index in [0.29, 0.717) is 5.82 Å². The van der Waals surface area contributed by atoms with Gasteiger partial charge in [-0.05, 0) is 37.1 Å². The Hall–Kier alpha value is -1.81. The van der Waals surface area contributed by atoms with E-state index in [1.54, 1.807) is 4.68 Å². The Morgan fingerprint density at radius 3 is 2.40 bits per heavy atom. The first-order valence-corrected chi connectivity index (χ1v) is 7.33. The van der Waals surface area contributed by atoms with Crippen LogP contribution in [0.4, 0.5) is 5.82 Å². The van der Waals surface area contributed by atoms with Crippen LogP contribution in [0.15, 0.2) is 30.5 Å². The second kappa shape index (κ2) is 5.67. The molecule has 0 aliphatic carbocycles. The molecule has 106 valence electrons. The van der Waals surface area contributed by atoms with Crippen molar-refractivity contribution in [3.05, 3.63) is 36.0 Å². The number of nitrogens with zero attached hydrogens (tertiary/aromatic N) is 3. The van der Waals surface area contributed by atoms with Crippen molar-refractivity contribution in [3.8, 4) is 11.1 Å². The van der Waals surface area contributed by atoms with Crippen LogP contribution in [0.5, 0.6) is 0 Å². The molecule has 2 heterocycles. The monoisotopic (exact) mass is 270 g/mol. The quantitative estimate of drug-likeness (QED) is 0.932. The fourth-order valence-electron chi connectivity index (χ4n) is 2.83. The molecule has 4 nitrogen and oxygen atoms in total. The SMILES string of the molecule is Cn1ncc(-c2ccc(CN3CCCCC3)cc2)c1N. The molecule has 1 aliphatic rings. The van der Waals surface area contributed by atoms with Crippen LogP contribution in [0.3, 0.4) is 0 Å². The molecular formula is C16H22N4. The number of likely N-dealkylation sites (tertiary alicyclic amines) is 1. The van der Waals surface area contributed by atoms with E-state index >= 15 is 0 Å². The Morgan fingerprint density at radius 2 is 1.80 bits per heavy atom. The third-order valence-electron chi connectivity index (χ3n) is 4.10. The van der Waals surface area contributed by atoms with E-state index < -0.39 is 0 Å². The standard InChI is InChI=1S/C16H22N4/c1-19-16(17)15(11-18-19)14-7-5-13(6-8-14)12-20-9-3-2-4-10-20/h5-8,11H,2-4,9-10,12,17H2,1H3. The van der Waals surface area contributed by atoms with Gasteiger partial charge in [0.25, 0.3) is 0 Å². The Bertz CT molecular complexity index is 565. The van der Waals surface area contributed by atoms with E-state index in [0.717, 1.165) is 17.7 Å². The molecule has 0 radical (unpaired) electrons. The summed E-state index contributed by atoms with van der Waals surface area (Å²) in [4.78, 5) is 2.54. The molecular weight excluding hydrogens is 248 g/mol. The summed E-state index contributed by atoms with van der Waals surface area (Å²) in [6, 6.07) is 8.70. The van der Waals surface area contributed by atoms with Gasteiger partial charge >= 0.3 is 0 Å². The van der Waals surface area contributed by atoms with Crippen molar-refractivity contribution < 1.29 is 0 Å². The molecule has 0 amide bonds. The number of rotatable bonds is 3. The Balaban J connectivity index is 1.72. The minimum absolute atomic E-state index is 0.716. The van der Waals surface area contributed by atoms with Gasteiger partial charge in [-0.3, -0.25) is 9.58 Å². The van der Waals surface area contributed by atoms with E-state index in [2.05, 4.69) is 34.3 Å². The molecule has 20 heavy (non-hydrogen) atoms. The second-order valence-corrected chi connectivity index (χ2v) is 5.60. The van der Waals surface area contributed by atoms with Crippen LogP contribution < -0.4 is 5.73 Å². The number of piperidine rings is 1. The highest BCUT2D eigenvalue weighted by Gasteiger charge is 2.11. The van der Waals surface area contributed by atoms with Crippen molar-refractivity contribution in [2.24, 2.45) is 7.05 Å². The normalized spacial score (nSPS) is 16.4. The van der Waals surface area contributed by atoms with Gasteiger partial charge in [0.2, 0.25) is 0 Å². The lowest BCUT2D eigenvalue weighted by Crippen LogP contribution is -2.28. The van der Waals surface area contributed by atoms with Gasteiger partial charge in [0.05, 0.1) is 6.20 Å². The molecule has 0 saturated carbocycles. The maximum absolute atomic E-state index is 6.01. The fraction of sp³-hybridized carbons (Fsp3) is 0.438. The van der Waals surface area contributed by atoms with Gasteiger partial charge in [0.1, 0.15) is 5.82 Å². The number of benzene rings is 1. The number of hydrogen-bond acceptors (Lipinski definition) is 3. The summed E-state index contributed by atoms with van der Waals surface area (Å²) in [5.41, 5.74) is 9.54. The highest BCUT2D eigenvalue weighted by Crippen LogP contribution is 2.25. The smallest absolute Gasteiger partial charge is 0.129 e. The summed E-state index contributed by atoms with van der Waals surface area (Å²) >= 11 is 0. The summed E-state index contributed by atoms with van der Waals surface area (Å²) < 4.78 is 1.71. The summed E-state index contributed by atoms with van der Waals surface area (Å²) in [5.74, 6) is 0.716. The zero-order chi connectivity index (χ0) is 13.9. The first-order valence-electron chi connectivity index (χ1n) is 7.33. The lowest BCUT2D eigenvalue weighted by atomic mass is 10.1. The van der Waals surface area contributed by atoms with E-state index in [9.17, 15) is 0 Å². The maximum Gasteiger partial charge on any atom is 0.129 e. The summed E-state index contributed by atoms with van der Waals surface area (Å²) in [6.45, 7) is 3.53. The Morgan fingerprint density at radius 1 is 1.10 bits per heavy atom. The number of aromatic nitrogens is 2. The molecule has 0 bridgehead atoms. The summed E-state index contributed by atoms with van der Waals surface area (Å²) in [5, 5.41) is 4.19. The molecule has 1 aromatic heterocycles. The van der Waals surface area contributed by atoms with Crippen LogP contribution >= 0.6 is 0 Å². The Kier molecular flexibility index (Phi) is 3.74. The molecule has 1 fully saturated rings. The second-order valence-electron chi connectivity index (χ2n) is 5.60. The van der Waals surface area contributed by atoms with E-state index in [1.807, 2.05) is 13.2 Å². The van der Waals surface area contributed by atoms with E-state index in [-0.39, 0.29) is 0 Å². The van der Waals surface area contributed by atoms with Crippen LogP contribution in [-0.4, -0.2) is 27.8 Å². The van der Waals surface area contributed by atoms with Gasteiger partial charge in [-0.2, -0.15) is 5.10 Å². The van der Waals surface area contributed by atoms with Crippen molar-refractivity contribution in [1.82, 2.24) is 14.7 Å². The molecule has 0 unspecified atom stereocenters. The van der Waals surface area contributed by atoms with E-state index in [4.69, 9.17) is 5.73 Å². The number of hydrogen-bond donors (Lipinski definition) is 1. The zero-order valence-corrected chi connectivity index (χ0v) is 12.0. The van der Waals surface area contributed by atoms with Crippen LogP contribution in [0.25, 0.3) is 11.1 Å². The molecule has 0 atom stereocenters. The largest absolute Gasteiger partial charge is 0.383 e. The average molecular weight is 270 g/mol. The molecule has 2 aromatic rings. The average Bonchev–Trinajstić information content (AvgIpc) is 2.81. The van der Waals surface area contributed by atoms with Gasteiger partial charge in [0.15, 0.2) is 0 Å². The molecule has 0 spiro atoms. The highest BCUT2D eigenvalue weighted by atomic mass is 15.3. The number of aryl methyl sites for hydroxylation is 1. The van der Waals surface area contributed by atoms with Crippen LogP contribution in [-0.2, 0) is 13.6 Å². The van der Waals surface area contributed by atoms with E-state index in [1.165, 1.54) is 37.9 Å². The Labute approximate surface area is 120 Å². The summed E-state index contributed by atoms with van der Waals surface area (Å²) in [6.07, 6.45) is 5.89. The van der Waals surface area contributed by atoms with Crippen molar-refractivity contribution in [3.63, 3.8) is 0 Å². The predicted molar refractivity (Wildman–Crippen MR) is 82.2 cm³/mol. The van der Waals surface area contributed by atoms with Crippen molar-refractivity contribution in [2.75, 3.05) is 18.8 Å². The van der Waals surface area contributed by atoms with Gasteiger partial charge in [-0.25, -0.2) is 0 Å². The van der Waals surface area contributed by atoms with Crippen LogP contribution in [0.1, 0.15) is 24.8 Å².